The van der Waals surface area contributed by atoms with E-state index in [1.54, 1.807) is 30.0 Å². The van der Waals surface area contributed by atoms with Crippen molar-refractivity contribution in [2.45, 2.75) is 63.5 Å². The van der Waals surface area contributed by atoms with Crippen molar-refractivity contribution in [3.63, 3.8) is 0 Å². The van der Waals surface area contributed by atoms with Gasteiger partial charge in [0.25, 0.3) is 0 Å². The van der Waals surface area contributed by atoms with E-state index in [9.17, 15) is 23.6 Å². The molecule has 6 aromatic rings. The normalized spacial score (nSPS) is 19.1. The number of likely N-dealkylation sites (tertiary alicyclic amines) is 2. The molecule has 3 aliphatic rings. The van der Waals surface area contributed by atoms with Crippen LogP contribution >= 0.6 is 11.6 Å². The maximum Gasteiger partial charge on any atom is 0.240 e. The number of hydrogen-bond donors (Lipinski definition) is 4. The summed E-state index contributed by atoms with van der Waals surface area (Å²) in [5, 5.41) is 34.6. The van der Waals surface area contributed by atoms with Crippen LogP contribution < -0.4 is 15.5 Å². The molecular formula is C45H46ClN9O5S. The monoisotopic (exact) mass is 859 g/mol. The van der Waals surface area contributed by atoms with E-state index in [1.807, 2.05) is 55.6 Å². The first-order valence-electron chi connectivity index (χ1n) is 20.5. The van der Waals surface area contributed by atoms with E-state index in [0.717, 1.165) is 52.7 Å². The number of nitrogens with one attached hydrogen (secondary N) is 3. The standard InChI is InChI=1S/C45H46ClN9O5S/c1-27-33(35-7-4-8-37(39(35)46)51-43-40-29(9-14-49-43)19-28(22-50-40)23-54-16-11-32(56)26-54)5-3-6-34(27)38-20-36-41(60-38)31(21-47)25-55(42(36)48)18-17-53-15-10-30(24-53)44(57)52-61(58,59)45(2)12-13-45/h3-9,14,19-20,22,25,30,32,48,56H,10-13,15-18,23-24,26H2,1-2H3,(H,49,51)(H,52,57)/t30-,32-/m1/s1. The zero-order chi connectivity index (χ0) is 42.6. The molecule has 6 heterocycles. The highest BCUT2D eigenvalue weighted by Gasteiger charge is 2.51. The van der Waals surface area contributed by atoms with E-state index < -0.39 is 26.6 Å². The van der Waals surface area contributed by atoms with Gasteiger partial charge in [-0.15, -0.1) is 0 Å². The minimum Gasteiger partial charge on any atom is -0.454 e. The molecule has 9 rings (SSSR count). The molecule has 61 heavy (non-hydrogen) atoms. The largest absolute Gasteiger partial charge is 0.454 e. The van der Waals surface area contributed by atoms with E-state index in [2.05, 4.69) is 37.0 Å². The van der Waals surface area contributed by atoms with Gasteiger partial charge in [-0.1, -0.05) is 41.9 Å². The number of amides is 1. The van der Waals surface area contributed by atoms with Crippen LogP contribution in [0.25, 0.3) is 44.3 Å². The summed E-state index contributed by atoms with van der Waals surface area (Å²) < 4.78 is 34.8. The first kappa shape index (κ1) is 40.8. The Morgan fingerprint density at radius 2 is 1.82 bits per heavy atom. The van der Waals surface area contributed by atoms with Gasteiger partial charge in [0.2, 0.25) is 15.9 Å². The molecule has 4 N–H and O–H groups in total. The van der Waals surface area contributed by atoms with Gasteiger partial charge in [0.1, 0.15) is 28.4 Å². The van der Waals surface area contributed by atoms with Crippen molar-refractivity contribution in [3.8, 4) is 28.5 Å². The van der Waals surface area contributed by atoms with Crippen LogP contribution in [-0.4, -0.2) is 87.3 Å². The number of β-amino-alcohol motifs (C(OH)–C–C–N with tert-alkyl or cyclic N) is 1. The first-order valence-corrected chi connectivity index (χ1v) is 22.4. The van der Waals surface area contributed by atoms with Gasteiger partial charge >= 0.3 is 0 Å². The van der Waals surface area contributed by atoms with Crippen molar-refractivity contribution in [3.05, 3.63) is 100 Å². The summed E-state index contributed by atoms with van der Waals surface area (Å²) in [4.78, 5) is 26.5. The minimum absolute atomic E-state index is 0.191. The molecule has 2 aliphatic heterocycles. The smallest absolute Gasteiger partial charge is 0.240 e. The van der Waals surface area contributed by atoms with Crippen LogP contribution in [0, 0.1) is 29.6 Å². The van der Waals surface area contributed by atoms with Crippen molar-refractivity contribution >= 4 is 60.9 Å². The van der Waals surface area contributed by atoms with Crippen LogP contribution in [-0.2, 0) is 27.9 Å². The molecule has 0 unspecified atom stereocenters. The highest BCUT2D eigenvalue weighted by atomic mass is 35.5. The molecule has 2 saturated heterocycles. The molecule has 2 atom stereocenters. The fraction of sp³-hybridized carbons (Fsp3) is 0.356. The third-order valence-electron chi connectivity index (χ3n) is 12.5. The molecule has 0 bridgehead atoms. The number of hydrogen-bond acceptors (Lipinski definition) is 12. The minimum atomic E-state index is -3.70. The van der Waals surface area contributed by atoms with Gasteiger partial charge in [0, 0.05) is 74.4 Å². The summed E-state index contributed by atoms with van der Waals surface area (Å²) in [7, 11) is -3.70. The molecule has 1 saturated carbocycles. The molecule has 4 aromatic heterocycles. The Kier molecular flexibility index (Phi) is 10.7. The number of rotatable bonds is 12. The van der Waals surface area contributed by atoms with Crippen LogP contribution in [0.1, 0.15) is 49.3 Å². The van der Waals surface area contributed by atoms with Crippen molar-refractivity contribution in [1.29, 1.82) is 10.7 Å². The number of carbonyl (C=O) groups is 1. The van der Waals surface area contributed by atoms with Gasteiger partial charge in [-0.25, -0.2) is 13.4 Å². The molecular weight excluding hydrogens is 814 g/mol. The number of pyridine rings is 3. The van der Waals surface area contributed by atoms with Crippen molar-refractivity contribution in [2.24, 2.45) is 5.92 Å². The third kappa shape index (κ3) is 7.90. The van der Waals surface area contributed by atoms with Gasteiger partial charge in [0.15, 0.2) is 11.4 Å². The van der Waals surface area contributed by atoms with E-state index in [0.29, 0.717) is 96.3 Å². The first-order chi connectivity index (χ1) is 29.3. The van der Waals surface area contributed by atoms with Crippen molar-refractivity contribution < 1.29 is 22.7 Å². The molecule has 14 nitrogen and oxygen atoms in total. The second-order valence-corrected chi connectivity index (χ2v) is 19.4. The molecule has 16 heteroatoms. The lowest BCUT2D eigenvalue weighted by atomic mass is 9.95. The molecule has 2 aromatic carbocycles. The van der Waals surface area contributed by atoms with Gasteiger partial charge in [-0.05, 0) is 87.0 Å². The van der Waals surface area contributed by atoms with Crippen LogP contribution in [0.5, 0.6) is 0 Å². The number of furan rings is 1. The number of aliphatic hydroxyl groups excluding tert-OH is 1. The third-order valence-corrected chi connectivity index (χ3v) is 15.1. The summed E-state index contributed by atoms with van der Waals surface area (Å²) in [6, 6.07) is 19.7. The molecule has 1 aliphatic carbocycles. The fourth-order valence-corrected chi connectivity index (χ4v) is 10.1. The van der Waals surface area contributed by atoms with E-state index in [1.165, 1.54) is 0 Å². The second-order valence-electron chi connectivity index (χ2n) is 16.8. The lowest BCUT2D eigenvalue weighted by molar-refractivity contribution is -0.122. The number of fused-ring (bicyclic) bond motifs is 2. The lowest BCUT2D eigenvalue weighted by Gasteiger charge is -2.18. The SMILES string of the molecule is Cc1c(-c2cc3c(=N)n(CCN4CC[C@@H](C(=O)NS(=O)(=O)C5(C)CC5)C4)cc(C#N)c3o2)cccc1-c1cccc(Nc2nccc3cc(CN4CC[C@@H](O)C4)cnc23)c1Cl. The predicted molar refractivity (Wildman–Crippen MR) is 233 cm³/mol. The molecule has 314 valence electrons. The number of nitrogens with zero attached hydrogens (tertiary/aromatic N) is 6. The maximum absolute atomic E-state index is 12.9. The van der Waals surface area contributed by atoms with Crippen LogP contribution in [0.15, 0.2) is 77.6 Å². The summed E-state index contributed by atoms with van der Waals surface area (Å²) in [5.74, 6) is 0.189. The number of aromatic nitrogens is 3. The van der Waals surface area contributed by atoms with Gasteiger partial charge < -0.3 is 24.3 Å². The molecule has 0 radical (unpaired) electrons. The summed E-state index contributed by atoms with van der Waals surface area (Å²) in [6.07, 6.45) is 7.39. The summed E-state index contributed by atoms with van der Waals surface area (Å²) in [5.41, 5.74) is 6.62. The van der Waals surface area contributed by atoms with Crippen LogP contribution in [0.4, 0.5) is 11.5 Å². The Labute approximate surface area is 358 Å². The predicted octanol–water partition coefficient (Wildman–Crippen LogP) is 6.46. The number of nitriles is 1. The van der Waals surface area contributed by atoms with Crippen molar-refractivity contribution in [1.82, 2.24) is 29.1 Å². The molecule has 0 spiro atoms. The molecule has 3 fully saturated rings. The Morgan fingerprint density at radius 1 is 1.05 bits per heavy atom. The zero-order valence-corrected chi connectivity index (χ0v) is 35.5. The maximum atomic E-state index is 12.9. The summed E-state index contributed by atoms with van der Waals surface area (Å²) in [6.45, 7) is 7.83. The average Bonchev–Trinajstić information content (AvgIpc) is 3.55. The number of halogens is 1. The number of anilines is 2. The number of carbonyl (C=O) groups excluding carboxylic acids is 1. The Bertz CT molecular complexity index is 2940. The van der Waals surface area contributed by atoms with Crippen LogP contribution in [0.2, 0.25) is 5.02 Å². The Balaban J connectivity index is 0.930. The second kappa shape index (κ2) is 16.0. The fourth-order valence-electron chi connectivity index (χ4n) is 8.53. The van der Waals surface area contributed by atoms with Gasteiger partial charge in [0.05, 0.1) is 32.9 Å². The van der Waals surface area contributed by atoms with Gasteiger partial charge in [-0.2, -0.15) is 5.26 Å². The number of sulfonamides is 1. The van der Waals surface area contributed by atoms with E-state index in [-0.39, 0.29) is 11.6 Å². The lowest BCUT2D eigenvalue weighted by Crippen LogP contribution is -2.42. The number of benzene rings is 2. The highest BCUT2D eigenvalue weighted by Crippen LogP contribution is 2.43. The number of aliphatic hydroxyl groups is 1. The Hall–Kier alpha value is -5.63. The van der Waals surface area contributed by atoms with E-state index in [4.69, 9.17) is 26.4 Å². The zero-order valence-electron chi connectivity index (χ0n) is 33.9. The van der Waals surface area contributed by atoms with Crippen LogP contribution in [0.3, 0.4) is 0 Å². The van der Waals surface area contributed by atoms with E-state index >= 15 is 0 Å². The van der Waals surface area contributed by atoms with Gasteiger partial charge in [-0.3, -0.25) is 24.8 Å². The Morgan fingerprint density at radius 3 is 2.59 bits per heavy atom. The van der Waals surface area contributed by atoms with Crippen molar-refractivity contribution in [2.75, 3.05) is 38.0 Å². The highest BCUT2D eigenvalue weighted by molar-refractivity contribution is 7.91. The summed E-state index contributed by atoms with van der Waals surface area (Å²) >= 11 is 7.16. The molecule has 1 amide bonds. The quantitative estimate of drug-likeness (QED) is 0.106. The average molecular weight is 860 g/mol. The topological polar surface area (TPSA) is 193 Å².